The Kier molecular flexibility index (Phi) is 3.14. The number of nitrogen functional groups attached to an aromatic ring is 1. The number of anilines is 1. The second-order valence-corrected chi connectivity index (χ2v) is 6.04. The highest BCUT2D eigenvalue weighted by atomic mass is 19.1. The van der Waals surface area contributed by atoms with Crippen LogP contribution in [0.3, 0.4) is 0 Å². The molecule has 3 aromatic heterocycles. The van der Waals surface area contributed by atoms with Crippen molar-refractivity contribution >= 4 is 28.4 Å². The average molecular weight is 351 g/mol. The first-order valence-electron chi connectivity index (χ1n) is 8.14. The summed E-state index contributed by atoms with van der Waals surface area (Å²) in [5.74, 6) is 1.07. The van der Waals surface area contributed by atoms with E-state index in [1.165, 1.54) is 16.6 Å². The van der Waals surface area contributed by atoms with Gasteiger partial charge in [0.25, 0.3) is 0 Å². The van der Waals surface area contributed by atoms with Crippen LogP contribution in [0.1, 0.15) is 17.8 Å². The molecule has 0 saturated carbocycles. The van der Waals surface area contributed by atoms with Gasteiger partial charge in [0.1, 0.15) is 5.82 Å². The molecule has 0 saturated heterocycles. The summed E-state index contributed by atoms with van der Waals surface area (Å²) < 4.78 is 21.8. The van der Waals surface area contributed by atoms with Gasteiger partial charge in [-0.3, -0.25) is 4.68 Å². The Morgan fingerprint density at radius 1 is 1.15 bits per heavy atom. The van der Waals surface area contributed by atoms with Gasteiger partial charge in [-0.15, -0.1) is 5.10 Å². The molecule has 0 unspecified atom stereocenters. The molecule has 0 bridgehead atoms. The van der Waals surface area contributed by atoms with E-state index in [1.54, 1.807) is 16.8 Å². The summed E-state index contributed by atoms with van der Waals surface area (Å²) in [6, 6.07) is 6.29. The Hall–Kier alpha value is -3.49. The van der Waals surface area contributed by atoms with Crippen LogP contribution in [0.25, 0.3) is 22.4 Å². The summed E-state index contributed by atoms with van der Waals surface area (Å²) >= 11 is 0. The smallest absolute Gasteiger partial charge is 0.225 e. The zero-order valence-corrected chi connectivity index (χ0v) is 13.6. The summed E-state index contributed by atoms with van der Waals surface area (Å²) in [5, 5.41) is 9.58. The van der Waals surface area contributed by atoms with Crippen LogP contribution < -0.4 is 5.73 Å². The van der Waals surface area contributed by atoms with Crippen molar-refractivity contribution in [1.82, 2.24) is 29.4 Å². The first-order chi connectivity index (χ1) is 12.7. The summed E-state index contributed by atoms with van der Waals surface area (Å²) in [4.78, 5) is 8.86. The van der Waals surface area contributed by atoms with Crippen LogP contribution in [-0.4, -0.2) is 36.0 Å². The van der Waals surface area contributed by atoms with Crippen LogP contribution in [-0.2, 0) is 11.3 Å². The molecule has 0 radical (unpaired) electrons. The maximum absolute atomic E-state index is 13.1. The third-order valence-electron chi connectivity index (χ3n) is 4.21. The Morgan fingerprint density at radius 3 is 2.77 bits per heavy atom. The monoisotopic (exact) mass is 351 g/mol. The lowest BCUT2D eigenvalue weighted by Gasteiger charge is -2.00. The lowest BCUT2D eigenvalue weighted by molar-refractivity contribution is 0.305. The fourth-order valence-corrected chi connectivity index (χ4v) is 2.99. The van der Waals surface area contributed by atoms with Crippen molar-refractivity contribution in [2.75, 3.05) is 12.3 Å². The van der Waals surface area contributed by atoms with Crippen molar-refractivity contribution in [1.29, 1.82) is 0 Å². The van der Waals surface area contributed by atoms with Crippen molar-refractivity contribution in [2.45, 2.75) is 13.0 Å². The van der Waals surface area contributed by atoms with Gasteiger partial charge in [0.15, 0.2) is 17.1 Å². The van der Waals surface area contributed by atoms with Gasteiger partial charge in [-0.1, -0.05) is 12.1 Å². The summed E-state index contributed by atoms with van der Waals surface area (Å²) in [5.41, 5.74) is 7.99. The van der Waals surface area contributed by atoms with E-state index >= 15 is 0 Å². The van der Waals surface area contributed by atoms with Crippen molar-refractivity contribution < 1.29 is 9.13 Å². The maximum Gasteiger partial charge on any atom is 0.225 e. The Morgan fingerprint density at radius 2 is 2.00 bits per heavy atom. The Balaban J connectivity index is 1.60. The number of nitrogens with zero attached hydrogens (tertiary/aromatic N) is 6. The van der Waals surface area contributed by atoms with Crippen molar-refractivity contribution in [3.05, 3.63) is 53.7 Å². The van der Waals surface area contributed by atoms with Gasteiger partial charge in [0.05, 0.1) is 18.5 Å². The van der Waals surface area contributed by atoms with Gasteiger partial charge in [-0.2, -0.15) is 14.6 Å². The van der Waals surface area contributed by atoms with Gasteiger partial charge in [0, 0.05) is 12.6 Å². The molecule has 26 heavy (non-hydrogen) atoms. The highest BCUT2D eigenvalue weighted by Gasteiger charge is 2.19. The van der Waals surface area contributed by atoms with Crippen LogP contribution in [0.15, 0.2) is 36.5 Å². The quantitative estimate of drug-likeness (QED) is 0.606. The standard InChI is InChI=1S/C17H14FN7O/c18-11-5-3-10(4-6-11)8-24-9-12-14(22-24)21-17(19)25-16(12)20-15(23-25)13-2-1-7-26-13/h2-6,9H,1,7-8H2,(H2,19,21,22). The summed E-state index contributed by atoms with van der Waals surface area (Å²) in [6.45, 7) is 1.11. The largest absolute Gasteiger partial charge is 0.490 e. The zero-order valence-electron chi connectivity index (χ0n) is 13.6. The number of hydrogen-bond acceptors (Lipinski definition) is 6. The average Bonchev–Trinajstić information content (AvgIpc) is 3.34. The lowest BCUT2D eigenvalue weighted by Crippen LogP contribution is -2.03. The number of rotatable bonds is 3. The van der Waals surface area contributed by atoms with Crippen molar-refractivity contribution in [3.8, 4) is 0 Å². The number of fused-ring (bicyclic) bond motifs is 3. The Labute approximate surface area is 146 Å². The molecule has 5 rings (SSSR count). The molecule has 1 aliphatic heterocycles. The molecule has 130 valence electrons. The molecule has 1 aliphatic rings. The molecule has 0 fully saturated rings. The molecule has 8 nitrogen and oxygen atoms in total. The first kappa shape index (κ1) is 14.8. The molecule has 0 aliphatic carbocycles. The normalized spacial score (nSPS) is 14.1. The van der Waals surface area contributed by atoms with Crippen molar-refractivity contribution in [2.24, 2.45) is 0 Å². The van der Waals surface area contributed by atoms with Gasteiger partial charge in [0.2, 0.25) is 11.8 Å². The fraction of sp³-hybridized carbons (Fsp3) is 0.176. The zero-order chi connectivity index (χ0) is 17.7. The third kappa shape index (κ3) is 2.36. The second kappa shape index (κ2) is 5.51. The highest BCUT2D eigenvalue weighted by molar-refractivity contribution is 5.89. The van der Waals surface area contributed by atoms with Crippen molar-refractivity contribution in [3.63, 3.8) is 0 Å². The number of nitrogens with two attached hydrogens (primary N) is 1. The van der Waals surface area contributed by atoms with Crippen LogP contribution in [0.4, 0.5) is 10.3 Å². The minimum absolute atomic E-state index is 0.205. The molecular weight excluding hydrogens is 337 g/mol. The second-order valence-electron chi connectivity index (χ2n) is 6.04. The van der Waals surface area contributed by atoms with Crippen LogP contribution in [0, 0.1) is 5.82 Å². The maximum atomic E-state index is 13.1. The molecule has 9 heteroatoms. The summed E-state index contributed by atoms with van der Waals surface area (Å²) in [6.07, 6.45) is 4.62. The number of hydrogen-bond donors (Lipinski definition) is 1. The summed E-state index contributed by atoms with van der Waals surface area (Å²) in [7, 11) is 0. The van der Waals surface area contributed by atoms with E-state index < -0.39 is 0 Å². The van der Waals surface area contributed by atoms with E-state index in [9.17, 15) is 4.39 Å². The number of halogens is 1. The number of benzene rings is 1. The molecule has 0 amide bonds. The topological polar surface area (TPSA) is 96.2 Å². The predicted octanol–water partition coefficient (Wildman–Crippen LogP) is 2.00. The first-order valence-corrected chi connectivity index (χ1v) is 8.14. The number of ether oxygens (including phenoxy) is 1. The van der Waals surface area contributed by atoms with Gasteiger partial charge >= 0.3 is 0 Å². The third-order valence-corrected chi connectivity index (χ3v) is 4.21. The van der Waals surface area contributed by atoms with E-state index in [2.05, 4.69) is 20.2 Å². The van der Waals surface area contributed by atoms with Gasteiger partial charge in [-0.05, 0) is 23.8 Å². The molecule has 4 aromatic rings. The minimum Gasteiger partial charge on any atom is -0.490 e. The molecule has 4 heterocycles. The van der Waals surface area contributed by atoms with E-state index in [-0.39, 0.29) is 11.8 Å². The molecular formula is C17H14FN7O. The Bertz CT molecular complexity index is 1160. The van der Waals surface area contributed by atoms with Crippen LogP contribution in [0.2, 0.25) is 0 Å². The molecule has 0 atom stereocenters. The van der Waals surface area contributed by atoms with E-state index in [4.69, 9.17) is 10.5 Å². The fourth-order valence-electron chi connectivity index (χ4n) is 2.99. The van der Waals surface area contributed by atoms with Crippen LogP contribution in [0.5, 0.6) is 0 Å². The van der Waals surface area contributed by atoms with E-state index in [1.807, 2.05) is 12.3 Å². The van der Waals surface area contributed by atoms with Crippen LogP contribution >= 0.6 is 0 Å². The number of aromatic nitrogens is 6. The molecule has 0 spiro atoms. The highest BCUT2D eigenvalue weighted by Crippen LogP contribution is 2.24. The van der Waals surface area contributed by atoms with Gasteiger partial charge in [-0.25, -0.2) is 9.37 Å². The SMILES string of the molecule is Nc1nc2nn(Cc3ccc(F)cc3)cc2c2nc(C3=CCCO3)nn12. The molecule has 2 N–H and O–H groups in total. The predicted molar refractivity (Wildman–Crippen MR) is 92.5 cm³/mol. The van der Waals surface area contributed by atoms with Gasteiger partial charge < -0.3 is 10.5 Å². The van der Waals surface area contributed by atoms with E-state index in [0.717, 1.165) is 17.4 Å². The molecule has 1 aromatic carbocycles. The lowest BCUT2D eigenvalue weighted by atomic mass is 10.2. The minimum atomic E-state index is -0.269. The van der Waals surface area contributed by atoms with E-state index in [0.29, 0.717) is 36.0 Å².